The first-order valence-electron chi connectivity index (χ1n) is 5.74. The minimum absolute atomic E-state index is 0.302. The molecule has 2 heterocycles. The summed E-state index contributed by atoms with van der Waals surface area (Å²) in [5, 5.41) is 12.4. The maximum atomic E-state index is 6.00. The van der Waals surface area contributed by atoms with E-state index in [1.54, 1.807) is 6.33 Å². The zero-order valence-corrected chi connectivity index (χ0v) is 10.1. The minimum Gasteiger partial charge on any atom is -0.307 e. The van der Waals surface area contributed by atoms with E-state index in [0.29, 0.717) is 6.04 Å². The highest BCUT2D eigenvalue weighted by Crippen LogP contribution is 2.24. The predicted molar refractivity (Wildman–Crippen MR) is 66.3 cm³/mol. The van der Waals surface area contributed by atoms with E-state index in [9.17, 15) is 0 Å². The molecule has 0 radical (unpaired) electrons. The first kappa shape index (κ1) is 10.7. The molecule has 0 spiro atoms. The molecule has 17 heavy (non-hydrogen) atoms. The van der Waals surface area contributed by atoms with E-state index in [0.717, 1.165) is 29.5 Å². The Kier molecular flexibility index (Phi) is 2.82. The Hall–Kier alpha value is -1.39. The van der Waals surface area contributed by atoms with E-state index in [1.165, 1.54) is 6.42 Å². The van der Waals surface area contributed by atoms with Gasteiger partial charge in [0.25, 0.3) is 0 Å². The first-order chi connectivity index (χ1) is 8.34. The van der Waals surface area contributed by atoms with E-state index in [1.807, 2.05) is 28.8 Å². The van der Waals surface area contributed by atoms with Gasteiger partial charge in [0.2, 0.25) is 0 Å². The average Bonchev–Trinajstić information content (AvgIpc) is 3.00. The summed E-state index contributed by atoms with van der Waals surface area (Å²) in [5.41, 5.74) is 1.01. The second kappa shape index (κ2) is 4.47. The van der Waals surface area contributed by atoms with Gasteiger partial charge in [0.1, 0.15) is 6.33 Å². The molecule has 1 aliphatic heterocycles. The van der Waals surface area contributed by atoms with Crippen molar-refractivity contribution in [2.45, 2.75) is 18.9 Å². The van der Waals surface area contributed by atoms with Crippen LogP contribution in [0, 0.1) is 0 Å². The molecule has 1 aromatic heterocycles. The smallest absolute Gasteiger partial charge is 0.154 e. The molecule has 2 aromatic rings. The number of hydrogen-bond acceptors (Lipinski definition) is 3. The van der Waals surface area contributed by atoms with E-state index < -0.39 is 0 Å². The molecule has 1 N–H and O–H groups in total. The number of hydrogen-bond donors (Lipinski definition) is 1. The Labute approximate surface area is 105 Å². The summed E-state index contributed by atoms with van der Waals surface area (Å²) >= 11 is 6.00. The molecule has 1 atom stereocenters. The van der Waals surface area contributed by atoms with Gasteiger partial charge in [0, 0.05) is 10.7 Å². The van der Waals surface area contributed by atoms with Crippen molar-refractivity contribution < 1.29 is 0 Å². The van der Waals surface area contributed by atoms with Gasteiger partial charge in [-0.15, -0.1) is 10.2 Å². The Balaban J connectivity index is 2.00. The van der Waals surface area contributed by atoms with Crippen molar-refractivity contribution in [2.24, 2.45) is 0 Å². The molecule has 1 aliphatic rings. The summed E-state index contributed by atoms with van der Waals surface area (Å²) in [6, 6.07) is 8.03. The van der Waals surface area contributed by atoms with Gasteiger partial charge in [-0.05, 0) is 37.6 Å². The summed E-state index contributed by atoms with van der Waals surface area (Å²) in [5.74, 6) is 0.963. The number of benzene rings is 1. The van der Waals surface area contributed by atoms with E-state index in [4.69, 9.17) is 11.6 Å². The lowest BCUT2D eigenvalue weighted by Crippen LogP contribution is -2.17. The molecule has 0 saturated carbocycles. The lowest BCUT2D eigenvalue weighted by molar-refractivity contribution is 0.592. The second-order valence-corrected chi connectivity index (χ2v) is 4.62. The van der Waals surface area contributed by atoms with Crippen molar-refractivity contribution in [2.75, 3.05) is 6.54 Å². The van der Waals surface area contributed by atoms with Gasteiger partial charge in [-0.1, -0.05) is 17.7 Å². The van der Waals surface area contributed by atoms with Crippen molar-refractivity contribution in [1.82, 2.24) is 20.1 Å². The zero-order valence-electron chi connectivity index (χ0n) is 9.31. The third kappa shape index (κ3) is 2.06. The van der Waals surface area contributed by atoms with E-state index in [2.05, 4.69) is 15.5 Å². The molecule has 0 amide bonds. The molecular formula is C12H13ClN4. The summed E-state index contributed by atoms with van der Waals surface area (Å²) in [6.07, 6.45) is 4.04. The molecule has 1 aromatic carbocycles. The van der Waals surface area contributed by atoms with E-state index in [-0.39, 0.29) is 0 Å². The van der Waals surface area contributed by atoms with Crippen LogP contribution in [-0.2, 0) is 0 Å². The van der Waals surface area contributed by atoms with Crippen LogP contribution in [0.2, 0.25) is 5.02 Å². The van der Waals surface area contributed by atoms with Crippen LogP contribution in [-0.4, -0.2) is 21.3 Å². The zero-order chi connectivity index (χ0) is 11.7. The van der Waals surface area contributed by atoms with Crippen LogP contribution in [0.4, 0.5) is 0 Å². The number of nitrogens with zero attached hydrogens (tertiary/aromatic N) is 3. The monoisotopic (exact) mass is 248 g/mol. The molecule has 3 rings (SSSR count). The Morgan fingerprint density at radius 3 is 3.12 bits per heavy atom. The van der Waals surface area contributed by atoms with Crippen molar-refractivity contribution >= 4 is 11.6 Å². The van der Waals surface area contributed by atoms with Gasteiger partial charge < -0.3 is 5.32 Å². The molecule has 5 heteroatoms. The molecule has 0 aliphatic carbocycles. The van der Waals surface area contributed by atoms with Gasteiger partial charge in [0.15, 0.2) is 5.82 Å². The fourth-order valence-corrected chi connectivity index (χ4v) is 2.40. The summed E-state index contributed by atoms with van der Waals surface area (Å²) in [4.78, 5) is 0. The van der Waals surface area contributed by atoms with Crippen LogP contribution in [0.15, 0.2) is 30.6 Å². The number of halogens is 1. The largest absolute Gasteiger partial charge is 0.307 e. The van der Waals surface area contributed by atoms with Crippen molar-refractivity contribution in [3.63, 3.8) is 0 Å². The van der Waals surface area contributed by atoms with E-state index >= 15 is 0 Å². The minimum atomic E-state index is 0.302. The van der Waals surface area contributed by atoms with Gasteiger partial charge in [-0.3, -0.25) is 4.57 Å². The number of aromatic nitrogens is 3. The van der Waals surface area contributed by atoms with Crippen LogP contribution in [0.25, 0.3) is 5.69 Å². The molecule has 4 nitrogen and oxygen atoms in total. The van der Waals surface area contributed by atoms with Crippen LogP contribution < -0.4 is 5.32 Å². The third-order valence-corrected chi connectivity index (χ3v) is 3.27. The van der Waals surface area contributed by atoms with Gasteiger partial charge in [0.05, 0.1) is 6.04 Å². The highest BCUT2D eigenvalue weighted by Gasteiger charge is 2.21. The summed E-state index contributed by atoms with van der Waals surface area (Å²) < 4.78 is 1.99. The number of rotatable bonds is 2. The predicted octanol–water partition coefficient (Wildman–Crippen LogP) is 2.35. The van der Waals surface area contributed by atoms with Gasteiger partial charge >= 0.3 is 0 Å². The molecule has 1 unspecified atom stereocenters. The SMILES string of the molecule is Clc1cccc(-n2cnnc2C2CCCN2)c1. The summed E-state index contributed by atoms with van der Waals surface area (Å²) in [7, 11) is 0. The molecule has 88 valence electrons. The quantitative estimate of drug-likeness (QED) is 0.887. The van der Waals surface area contributed by atoms with Crippen LogP contribution in [0.3, 0.4) is 0 Å². The van der Waals surface area contributed by atoms with Crippen LogP contribution in [0.1, 0.15) is 24.7 Å². The van der Waals surface area contributed by atoms with Crippen molar-refractivity contribution in [3.05, 3.63) is 41.4 Å². The molecule has 1 fully saturated rings. The maximum absolute atomic E-state index is 6.00. The lowest BCUT2D eigenvalue weighted by Gasteiger charge is -2.12. The third-order valence-electron chi connectivity index (χ3n) is 3.03. The first-order valence-corrected chi connectivity index (χ1v) is 6.11. The highest BCUT2D eigenvalue weighted by atomic mass is 35.5. The van der Waals surface area contributed by atoms with Crippen LogP contribution >= 0.6 is 11.6 Å². The second-order valence-electron chi connectivity index (χ2n) is 4.19. The lowest BCUT2D eigenvalue weighted by atomic mass is 10.2. The van der Waals surface area contributed by atoms with Crippen molar-refractivity contribution in [3.8, 4) is 5.69 Å². The van der Waals surface area contributed by atoms with Gasteiger partial charge in [-0.25, -0.2) is 0 Å². The fourth-order valence-electron chi connectivity index (χ4n) is 2.21. The van der Waals surface area contributed by atoms with Crippen LogP contribution in [0.5, 0.6) is 0 Å². The molecule has 0 bridgehead atoms. The fraction of sp³-hybridized carbons (Fsp3) is 0.333. The van der Waals surface area contributed by atoms with Crippen molar-refractivity contribution in [1.29, 1.82) is 0 Å². The average molecular weight is 249 g/mol. The van der Waals surface area contributed by atoms with Gasteiger partial charge in [-0.2, -0.15) is 0 Å². The maximum Gasteiger partial charge on any atom is 0.154 e. The standard InChI is InChI=1S/C12H13ClN4/c13-9-3-1-4-10(7-9)17-8-15-16-12(17)11-5-2-6-14-11/h1,3-4,7-8,11,14H,2,5-6H2. The normalized spacial score (nSPS) is 19.7. The Bertz CT molecular complexity index is 517. The topological polar surface area (TPSA) is 42.7 Å². The Morgan fingerprint density at radius 2 is 2.35 bits per heavy atom. The molecule has 1 saturated heterocycles. The highest BCUT2D eigenvalue weighted by molar-refractivity contribution is 6.30. The molecular weight excluding hydrogens is 236 g/mol. The summed E-state index contributed by atoms with van der Waals surface area (Å²) in [6.45, 7) is 1.05. The Morgan fingerprint density at radius 1 is 1.41 bits per heavy atom. The number of nitrogens with one attached hydrogen (secondary N) is 1.